The van der Waals surface area contributed by atoms with Gasteiger partial charge in [-0.05, 0) is 43.7 Å². The second kappa shape index (κ2) is 5.43. The van der Waals surface area contributed by atoms with Gasteiger partial charge in [0.25, 0.3) is 0 Å². The van der Waals surface area contributed by atoms with Crippen LogP contribution in [0, 0.1) is 12.7 Å². The number of benzene rings is 2. The summed E-state index contributed by atoms with van der Waals surface area (Å²) in [7, 11) is 0. The van der Waals surface area contributed by atoms with E-state index in [0.717, 1.165) is 21.2 Å². The number of nitrogens with zero attached hydrogens (tertiary/aromatic N) is 2. The molecule has 0 saturated carbocycles. The van der Waals surface area contributed by atoms with E-state index in [-0.39, 0.29) is 11.2 Å². The van der Waals surface area contributed by atoms with Crippen LogP contribution in [-0.4, -0.2) is 9.55 Å². The molecule has 3 rings (SSSR count). The van der Waals surface area contributed by atoms with Crippen molar-refractivity contribution in [3.05, 3.63) is 58.1 Å². The van der Waals surface area contributed by atoms with Crippen molar-refractivity contribution in [2.45, 2.75) is 19.2 Å². The Balaban J connectivity index is 2.39. The predicted octanol–water partition coefficient (Wildman–Crippen LogP) is 5.54. The lowest BCUT2D eigenvalue weighted by Gasteiger charge is -2.13. The lowest BCUT2D eigenvalue weighted by Crippen LogP contribution is -2.03. The smallest absolute Gasteiger partial charge is 0.132 e. The van der Waals surface area contributed by atoms with E-state index in [2.05, 4.69) is 20.9 Å². The molecule has 1 heterocycles. The summed E-state index contributed by atoms with van der Waals surface area (Å²) in [6, 6.07) is 10.6. The summed E-state index contributed by atoms with van der Waals surface area (Å²) in [4.78, 5) is 4.50. The molecule has 5 heteroatoms. The van der Waals surface area contributed by atoms with E-state index in [1.165, 1.54) is 12.1 Å². The van der Waals surface area contributed by atoms with Crippen LogP contribution in [0.5, 0.6) is 0 Å². The van der Waals surface area contributed by atoms with Gasteiger partial charge >= 0.3 is 0 Å². The lowest BCUT2D eigenvalue weighted by atomic mass is 10.2. The van der Waals surface area contributed by atoms with Gasteiger partial charge in [0.15, 0.2) is 0 Å². The maximum Gasteiger partial charge on any atom is 0.132 e. The second-order valence-corrected chi connectivity index (χ2v) is 6.56. The average Bonchev–Trinajstić information content (AvgIpc) is 2.80. The van der Waals surface area contributed by atoms with Gasteiger partial charge in [0.1, 0.15) is 11.6 Å². The number of fused-ring (bicyclic) bond motifs is 1. The quantitative estimate of drug-likeness (QED) is 0.544. The Morgan fingerprint density at radius 3 is 2.71 bits per heavy atom. The molecule has 0 radical (unpaired) electrons. The highest BCUT2D eigenvalue weighted by Gasteiger charge is 2.18. The summed E-state index contributed by atoms with van der Waals surface area (Å²) in [5, 5.41) is -0.279. The minimum Gasteiger partial charge on any atom is -0.295 e. The Kier molecular flexibility index (Phi) is 3.76. The zero-order chi connectivity index (χ0) is 15.1. The first kappa shape index (κ1) is 14.5. The van der Waals surface area contributed by atoms with Crippen molar-refractivity contribution >= 4 is 38.6 Å². The topological polar surface area (TPSA) is 17.8 Å². The zero-order valence-electron chi connectivity index (χ0n) is 11.6. The van der Waals surface area contributed by atoms with Crippen molar-refractivity contribution in [1.29, 1.82) is 0 Å². The minimum absolute atomic E-state index is 0.279. The first-order valence-electron chi connectivity index (χ1n) is 6.56. The van der Waals surface area contributed by atoms with E-state index in [0.29, 0.717) is 11.3 Å². The molecule has 0 N–H and O–H groups in total. The number of aromatic nitrogens is 2. The van der Waals surface area contributed by atoms with Crippen LogP contribution in [0.25, 0.3) is 16.7 Å². The summed E-state index contributed by atoms with van der Waals surface area (Å²) in [6.45, 7) is 3.89. The minimum atomic E-state index is -0.299. The van der Waals surface area contributed by atoms with Crippen LogP contribution in [0.4, 0.5) is 4.39 Å². The van der Waals surface area contributed by atoms with Gasteiger partial charge in [-0.25, -0.2) is 9.37 Å². The Bertz CT molecular complexity index is 827. The molecule has 108 valence electrons. The van der Waals surface area contributed by atoms with E-state index >= 15 is 0 Å². The zero-order valence-corrected chi connectivity index (χ0v) is 13.9. The number of halogens is 3. The molecule has 2 aromatic carbocycles. The van der Waals surface area contributed by atoms with Crippen LogP contribution >= 0.6 is 27.5 Å². The lowest BCUT2D eigenvalue weighted by molar-refractivity contribution is 0.629. The molecule has 0 spiro atoms. The van der Waals surface area contributed by atoms with Gasteiger partial charge in [0, 0.05) is 10.5 Å². The van der Waals surface area contributed by atoms with Gasteiger partial charge in [-0.2, -0.15) is 0 Å². The number of aryl methyl sites for hydroxylation is 1. The van der Waals surface area contributed by atoms with Crippen molar-refractivity contribution < 1.29 is 4.39 Å². The Morgan fingerprint density at radius 2 is 2.00 bits per heavy atom. The van der Waals surface area contributed by atoms with Crippen molar-refractivity contribution in [3.8, 4) is 5.69 Å². The third-order valence-corrected chi connectivity index (χ3v) is 4.10. The number of rotatable bonds is 2. The average molecular weight is 368 g/mol. The Labute approximate surface area is 135 Å². The molecule has 2 nitrogen and oxygen atoms in total. The predicted molar refractivity (Wildman–Crippen MR) is 87.7 cm³/mol. The van der Waals surface area contributed by atoms with Gasteiger partial charge in [-0.3, -0.25) is 4.57 Å². The van der Waals surface area contributed by atoms with Crippen LogP contribution in [0.2, 0.25) is 0 Å². The second-order valence-electron chi connectivity index (χ2n) is 4.99. The van der Waals surface area contributed by atoms with Gasteiger partial charge in [0.05, 0.1) is 22.1 Å². The third kappa shape index (κ3) is 2.58. The third-order valence-electron chi connectivity index (χ3n) is 3.41. The van der Waals surface area contributed by atoms with Gasteiger partial charge in [-0.1, -0.05) is 22.0 Å². The fraction of sp³-hybridized carbons (Fsp3) is 0.188. The number of hydrogen-bond donors (Lipinski definition) is 0. The molecule has 1 unspecified atom stereocenters. The molecule has 0 aliphatic rings. The van der Waals surface area contributed by atoms with Crippen molar-refractivity contribution in [2.75, 3.05) is 0 Å². The number of alkyl halides is 1. The SMILES string of the molecule is Cc1ccc(Br)cc1-n1c(C(C)Cl)nc2cc(F)ccc21. The molecule has 0 fully saturated rings. The van der Waals surface area contributed by atoms with Gasteiger partial charge in [-0.15, -0.1) is 11.6 Å². The van der Waals surface area contributed by atoms with Gasteiger partial charge in [0.2, 0.25) is 0 Å². The summed E-state index contributed by atoms with van der Waals surface area (Å²) in [5.41, 5.74) is 3.54. The molecule has 1 atom stereocenters. The fourth-order valence-electron chi connectivity index (χ4n) is 2.42. The van der Waals surface area contributed by atoms with E-state index in [1.54, 1.807) is 6.07 Å². The molecule has 0 aliphatic heterocycles. The summed E-state index contributed by atoms with van der Waals surface area (Å²) >= 11 is 9.77. The highest BCUT2D eigenvalue weighted by molar-refractivity contribution is 9.10. The van der Waals surface area contributed by atoms with Crippen molar-refractivity contribution in [3.63, 3.8) is 0 Å². The van der Waals surface area contributed by atoms with Crippen LogP contribution in [0.1, 0.15) is 23.7 Å². The van der Waals surface area contributed by atoms with Gasteiger partial charge < -0.3 is 0 Å². The van der Waals surface area contributed by atoms with E-state index in [4.69, 9.17) is 11.6 Å². The summed E-state index contributed by atoms with van der Waals surface area (Å²) in [5.74, 6) is 0.408. The highest BCUT2D eigenvalue weighted by Crippen LogP contribution is 2.31. The molecular formula is C16H13BrClFN2. The first-order valence-corrected chi connectivity index (χ1v) is 7.79. The van der Waals surface area contributed by atoms with Crippen LogP contribution in [0.15, 0.2) is 40.9 Å². The molecule has 0 bridgehead atoms. The van der Waals surface area contributed by atoms with Crippen molar-refractivity contribution in [1.82, 2.24) is 9.55 Å². The Morgan fingerprint density at radius 1 is 1.24 bits per heavy atom. The summed E-state index contributed by atoms with van der Waals surface area (Å²) in [6.07, 6.45) is 0. The van der Waals surface area contributed by atoms with Crippen molar-refractivity contribution in [2.24, 2.45) is 0 Å². The first-order chi connectivity index (χ1) is 9.97. The van der Waals surface area contributed by atoms with E-state index < -0.39 is 0 Å². The molecule has 3 aromatic rings. The summed E-state index contributed by atoms with van der Waals surface area (Å²) < 4.78 is 16.4. The maximum atomic E-state index is 13.4. The normalized spacial score (nSPS) is 12.8. The molecule has 1 aromatic heterocycles. The highest BCUT2D eigenvalue weighted by atomic mass is 79.9. The molecule has 21 heavy (non-hydrogen) atoms. The number of imidazole rings is 1. The van der Waals surface area contributed by atoms with E-state index in [9.17, 15) is 4.39 Å². The fourth-order valence-corrected chi connectivity index (χ4v) is 2.91. The maximum absolute atomic E-state index is 13.4. The number of hydrogen-bond acceptors (Lipinski definition) is 1. The molecular weight excluding hydrogens is 355 g/mol. The molecule has 0 amide bonds. The molecule has 0 saturated heterocycles. The van der Waals surface area contributed by atoms with E-state index in [1.807, 2.05) is 36.6 Å². The van der Waals surface area contributed by atoms with Crippen LogP contribution < -0.4 is 0 Å². The van der Waals surface area contributed by atoms with Crippen LogP contribution in [0.3, 0.4) is 0 Å². The standard InChI is InChI=1S/C16H13BrClFN2/c1-9-3-4-11(17)7-15(9)21-14-6-5-12(19)8-13(14)20-16(21)10(2)18/h3-8,10H,1-2H3. The molecule has 0 aliphatic carbocycles. The monoisotopic (exact) mass is 366 g/mol. The Hall–Kier alpha value is -1.39. The van der Waals surface area contributed by atoms with Crippen LogP contribution in [-0.2, 0) is 0 Å². The largest absolute Gasteiger partial charge is 0.295 e.